The minimum absolute atomic E-state index is 0.0000704. The normalized spacial score (nSPS) is 14.0. The first-order valence-corrected chi connectivity index (χ1v) is 9.58. The van der Waals surface area contributed by atoms with Crippen LogP contribution >= 0.6 is 0 Å². The molecule has 0 fully saturated rings. The zero-order chi connectivity index (χ0) is 15.9. The third-order valence-electron chi connectivity index (χ3n) is 2.48. The molecule has 0 saturated heterocycles. The fraction of sp³-hybridized carbons (Fsp3) is 0.429. The van der Waals surface area contributed by atoms with Crippen molar-refractivity contribution in [2.45, 2.75) is 24.3 Å². The third kappa shape index (κ3) is 6.40. The summed E-state index contributed by atoms with van der Waals surface area (Å²) in [6, 6.07) is 5.77. The fourth-order valence-electron chi connectivity index (χ4n) is 1.66. The summed E-state index contributed by atoms with van der Waals surface area (Å²) in [5, 5.41) is 8.63. The highest BCUT2D eigenvalue weighted by Gasteiger charge is 2.17. The van der Waals surface area contributed by atoms with Gasteiger partial charge in [0.2, 0.25) is 10.0 Å². The molecule has 21 heavy (non-hydrogen) atoms. The van der Waals surface area contributed by atoms with Crippen molar-refractivity contribution in [3.63, 3.8) is 0 Å². The van der Waals surface area contributed by atoms with Crippen molar-refractivity contribution >= 4 is 20.8 Å². The molecule has 0 radical (unpaired) electrons. The van der Waals surface area contributed by atoms with E-state index in [1.165, 1.54) is 18.4 Å². The molecule has 0 spiro atoms. The van der Waals surface area contributed by atoms with Crippen LogP contribution in [-0.2, 0) is 20.8 Å². The van der Waals surface area contributed by atoms with Gasteiger partial charge >= 0.3 is 0 Å². The van der Waals surface area contributed by atoms with Crippen molar-refractivity contribution in [2.24, 2.45) is 0 Å². The maximum Gasteiger partial charge on any atom is 0.240 e. The first-order chi connectivity index (χ1) is 9.85. The third-order valence-corrected chi connectivity index (χ3v) is 5.05. The molecular weight excluding hydrogens is 310 g/mol. The van der Waals surface area contributed by atoms with Gasteiger partial charge in [0, 0.05) is 40.8 Å². The molecule has 0 aromatic heterocycles. The average molecular weight is 329 g/mol. The standard InChI is InChI=1S/C14H19NO4S2/c1-12(11-20(2)17)15-21(18,19)14-8-6-13(7-9-14)5-3-4-10-16/h6-9,12,15-16H,4,10-11H2,1-2H3. The topological polar surface area (TPSA) is 83.5 Å². The highest BCUT2D eigenvalue weighted by molar-refractivity contribution is 7.89. The van der Waals surface area contributed by atoms with E-state index >= 15 is 0 Å². The first-order valence-electron chi connectivity index (χ1n) is 6.37. The van der Waals surface area contributed by atoms with Crippen molar-refractivity contribution in [2.75, 3.05) is 18.6 Å². The second kappa shape index (κ2) is 8.29. The Balaban J connectivity index is 2.81. The summed E-state index contributed by atoms with van der Waals surface area (Å²) >= 11 is 0. The van der Waals surface area contributed by atoms with Gasteiger partial charge in [0.05, 0.1) is 11.5 Å². The highest BCUT2D eigenvalue weighted by atomic mass is 32.2. The molecule has 2 atom stereocenters. The summed E-state index contributed by atoms with van der Waals surface area (Å²) in [6.45, 7) is 1.67. The lowest BCUT2D eigenvalue weighted by Gasteiger charge is -2.12. The molecule has 0 aliphatic carbocycles. The molecule has 1 rings (SSSR count). The van der Waals surface area contributed by atoms with Gasteiger partial charge < -0.3 is 5.11 Å². The molecule has 7 heteroatoms. The number of rotatable bonds is 6. The van der Waals surface area contributed by atoms with Gasteiger partial charge in [-0.2, -0.15) is 0 Å². The smallest absolute Gasteiger partial charge is 0.240 e. The van der Waals surface area contributed by atoms with Crippen LogP contribution in [0.2, 0.25) is 0 Å². The maximum absolute atomic E-state index is 12.1. The van der Waals surface area contributed by atoms with Crippen molar-refractivity contribution in [1.82, 2.24) is 4.72 Å². The molecule has 2 N–H and O–H groups in total. The van der Waals surface area contributed by atoms with Crippen LogP contribution in [0.1, 0.15) is 18.9 Å². The van der Waals surface area contributed by atoms with E-state index in [1.54, 1.807) is 19.1 Å². The van der Waals surface area contributed by atoms with E-state index in [1.807, 2.05) is 0 Å². The van der Waals surface area contributed by atoms with E-state index in [9.17, 15) is 12.6 Å². The molecule has 5 nitrogen and oxygen atoms in total. The number of benzene rings is 1. The van der Waals surface area contributed by atoms with Gasteiger partial charge in [-0.1, -0.05) is 11.8 Å². The number of hydrogen-bond acceptors (Lipinski definition) is 4. The zero-order valence-corrected chi connectivity index (χ0v) is 13.6. The molecule has 0 heterocycles. The van der Waals surface area contributed by atoms with Crippen LogP contribution in [0.25, 0.3) is 0 Å². The summed E-state index contributed by atoms with van der Waals surface area (Å²) in [5.41, 5.74) is 0.685. The van der Waals surface area contributed by atoms with E-state index in [4.69, 9.17) is 5.11 Å². The minimum atomic E-state index is -3.62. The molecule has 1 aromatic rings. The Hall–Kier alpha value is -1.20. The molecule has 0 aliphatic heterocycles. The van der Waals surface area contributed by atoms with Gasteiger partial charge in [0.1, 0.15) is 0 Å². The molecule has 116 valence electrons. The van der Waals surface area contributed by atoms with Gasteiger partial charge in [-0.3, -0.25) is 4.21 Å². The van der Waals surface area contributed by atoms with Crippen LogP contribution in [0.4, 0.5) is 0 Å². The van der Waals surface area contributed by atoms with Gasteiger partial charge in [0.15, 0.2) is 0 Å². The quantitative estimate of drug-likeness (QED) is 0.743. The lowest BCUT2D eigenvalue weighted by Crippen LogP contribution is -2.36. The van der Waals surface area contributed by atoms with Crippen LogP contribution in [0.3, 0.4) is 0 Å². The average Bonchev–Trinajstić information content (AvgIpc) is 2.38. The molecule has 0 amide bonds. The Labute approximate surface area is 128 Å². The molecular formula is C14H19NO4S2. The second-order valence-corrected chi connectivity index (χ2v) is 7.76. The Morgan fingerprint density at radius 1 is 1.33 bits per heavy atom. The Morgan fingerprint density at radius 3 is 2.48 bits per heavy atom. The van der Waals surface area contributed by atoms with E-state index in [2.05, 4.69) is 16.6 Å². The number of sulfonamides is 1. The summed E-state index contributed by atoms with van der Waals surface area (Å²) < 4.78 is 37.8. The highest BCUT2D eigenvalue weighted by Crippen LogP contribution is 2.10. The molecule has 0 bridgehead atoms. The lowest BCUT2D eigenvalue weighted by molar-refractivity contribution is 0.305. The van der Waals surface area contributed by atoms with E-state index < -0.39 is 26.9 Å². The van der Waals surface area contributed by atoms with Gasteiger partial charge in [-0.15, -0.1) is 0 Å². The second-order valence-electron chi connectivity index (χ2n) is 4.56. The zero-order valence-electron chi connectivity index (χ0n) is 12.0. The SMILES string of the molecule is CC(CS(C)=O)NS(=O)(=O)c1ccc(C#CCCO)cc1. The van der Waals surface area contributed by atoms with E-state index in [0.717, 1.165) is 0 Å². The van der Waals surface area contributed by atoms with Gasteiger partial charge in [-0.25, -0.2) is 13.1 Å². The van der Waals surface area contributed by atoms with Crippen LogP contribution in [0.15, 0.2) is 29.2 Å². The monoisotopic (exact) mass is 329 g/mol. The van der Waals surface area contributed by atoms with Crippen molar-refractivity contribution < 1.29 is 17.7 Å². The van der Waals surface area contributed by atoms with Crippen LogP contribution in [0, 0.1) is 11.8 Å². The summed E-state index contributed by atoms with van der Waals surface area (Å²) in [7, 11) is -4.68. The number of aliphatic hydroxyl groups excluding tert-OH is 1. The predicted molar refractivity (Wildman–Crippen MR) is 83.7 cm³/mol. The predicted octanol–water partition coefficient (Wildman–Crippen LogP) is 0.466. The molecule has 2 unspecified atom stereocenters. The summed E-state index contributed by atoms with van der Waals surface area (Å²) in [5.74, 6) is 5.86. The summed E-state index contributed by atoms with van der Waals surface area (Å²) in [6.07, 6.45) is 1.91. The summed E-state index contributed by atoms with van der Waals surface area (Å²) in [4.78, 5) is 0.143. The first kappa shape index (κ1) is 17.9. The Bertz CT molecular complexity index is 642. The van der Waals surface area contributed by atoms with Crippen LogP contribution < -0.4 is 4.72 Å². The number of aliphatic hydroxyl groups is 1. The van der Waals surface area contributed by atoms with Crippen LogP contribution in [-0.4, -0.2) is 42.4 Å². The van der Waals surface area contributed by atoms with Gasteiger partial charge in [-0.05, 0) is 31.2 Å². The van der Waals surface area contributed by atoms with Gasteiger partial charge in [0.25, 0.3) is 0 Å². The maximum atomic E-state index is 12.1. The molecule has 1 aromatic carbocycles. The van der Waals surface area contributed by atoms with Crippen molar-refractivity contribution in [3.8, 4) is 11.8 Å². The largest absolute Gasteiger partial charge is 0.395 e. The number of nitrogens with one attached hydrogen (secondary N) is 1. The fourth-order valence-corrected chi connectivity index (χ4v) is 3.79. The van der Waals surface area contributed by atoms with Crippen molar-refractivity contribution in [3.05, 3.63) is 29.8 Å². The number of hydrogen-bond donors (Lipinski definition) is 2. The van der Waals surface area contributed by atoms with E-state index in [0.29, 0.717) is 12.0 Å². The van der Waals surface area contributed by atoms with E-state index in [-0.39, 0.29) is 17.3 Å². The van der Waals surface area contributed by atoms with Crippen LogP contribution in [0.5, 0.6) is 0 Å². The Morgan fingerprint density at radius 2 is 1.95 bits per heavy atom. The molecule has 0 aliphatic rings. The Kier molecular flexibility index (Phi) is 7.05. The van der Waals surface area contributed by atoms with Crippen molar-refractivity contribution in [1.29, 1.82) is 0 Å². The minimum Gasteiger partial charge on any atom is -0.395 e. The molecule has 0 saturated carbocycles. The lowest BCUT2D eigenvalue weighted by atomic mass is 10.2.